The van der Waals surface area contributed by atoms with Gasteiger partial charge in [-0.3, -0.25) is 3.53 Å². The summed E-state index contributed by atoms with van der Waals surface area (Å²) in [5, 5.41) is 0. The highest BCUT2D eigenvalue weighted by Crippen LogP contribution is 2.08. The molecular weight excluding hydrogens is 239 g/mol. The Labute approximate surface area is 77.4 Å². The van der Waals surface area contributed by atoms with Crippen molar-refractivity contribution in [3.05, 3.63) is 0 Å². The topological polar surface area (TPSA) is 38.0 Å². The van der Waals surface area contributed by atoms with Gasteiger partial charge in [-0.05, 0) is 31.7 Å². The molecule has 0 rings (SSSR count). The van der Waals surface area contributed by atoms with Gasteiger partial charge in [0, 0.05) is 29.4 Å². The van der Waals surface area contributed by atoms with Crippen LogP contribution in [-0.2, 0) is 0 Å². The standard InChI is InChI=1S/C7H17IN2/c1-7(3-2-5-9)4-6-10-8/h7,10H,2-6,9H2,1H3. The Bertz CT molecular complexity index is 60.6. The van der Waals surface area contributed by atoms with Crippen LogP contribution in [-0.4, -0.2) is 13.1 Å². The monoisotopic (exact) mass is 256 g/mol. The van der Waals surface area contributed by atoms with Gasteiger partial charge in [-0.15, -0.1) is 0 Å². The zero-order valence-electron chi connectivity index (χ0n) is 6.57. The number of nitrogens with one attached hydrogen (secondary N) is 1. The molecule has 0 fully saturated rings. The summed E-state index contributed by atoms with van der Waals surface area (Å²) in [5.41, 5.74) is 5.39. The summed E-state index contributed by atoms with van der Waals surface area (Å²) in [7, 11) is 0. The molecule has 0 aliphatic rings. The zero-order valence-corrected chi connectivity index (χ0v) is 8.73. The molecule has 0 radical (unpaired) electrons. The van der Waals surface area contributed by atoms with E-state index in [1.807, 2.05) is 0 Å². The lowest BCUT2D eigenvalue weighted by atomic mass is 10.0. The van der Waals surface area contributed by atoms with E-state index in [1.54, 1.807) is 0 Å². The minimum Gasteiger partial charge on any atom is -0.330 e. The molecule has 0 saturated carbocycles. The first-order chi connectivity index (χ1) is 4.81. The highest BCUT2D eigenvalue weighted by molar-refractivity contribution is 14.1. The minimum absolute atomic E-state index is 0.825. The van der Waals surface area contributed by atoms with Crippen LogP contribution in [0.25, 0.3) is 0 Å². The van der Waals surface area contributed by atoms with Crippen LogP contribution in [0.2, 0.25) is 0 Å². The highest BCUT2D eigenvalue weighted by Gasteiger charge is 1.99. The molecule has 3 N–H and O–H groups in total. The summed E-state index contributed by atoms with van der Waals surface area (Å²) in [6.45, 7) is 4.23. The van der Waals surface area contributed by atoms with Crippen LogP contribution in [0.15, 0.2) is 0 Å². The molecule has 3 heteroatoms. The fraction of sp³-hybridized carbons (Fsp3) is 1.00. The van der Waals surface area contributed by atoms with E-state index >= 15 is 0 Å². The van der Waals surface area contributed by atoms with Crippen LogP contribution in [0.1, 0.15) is 26.2 Å². The summed E-state index contributed by atoms with van der Waals surface area (Å²) < 4.78 is 3.11. The molecule has 1 atom stereocenters. The fourth-order valence-electron chi connectivity index (χ4n) is 0.912. The first kappa shape index (κ1) is 10.7. The van der Waals surface area contributed by atoms with Crippen LogP contribution in [0.5, 0.6) is 0 Å². The van der Waals surface area contributed by atoms with Crippen molar-refractivity contribution in [2.75, 3.05) is 13.1 Å². The maximum Gasteiger partial charge on any atom is 0.0169 e. The quantitative estimate of drug-likeness (QED) is 0.560. The van der Waals surface area contributed by atoms with Gasteiger partial charge < -0.3 is 5.73 Å². The van der Waals surface area contributed by atoms with Gasteiger partial charge in [-0.1, -0.05) is 6.92 Å². The maximum absolute atomic E-state index is 5.39. The van der Waals surface area contributed by atoms with Crippen molar-refractivity contribution < 1.29 is 0 Å². The van der Waals surface area contributed by atoms with Gasteiger partial charge in [0.1, 0.15) is 0 Å². The normalized spacial score (nSPS) is 13.5. The second-order valence-electron chi connectivity index (χ2n) is 2.71. The van der Waals surface area contributed by atoms with E-state index in [1.165, 1.54) is 19.3 Å². The lowest BCUT2D eigenvalue weighted by Crippen LogP contribution is -2.08. The number of rotatable bonds is 6. The van der Waals surface area contributed by atoms with Gasteiger partial charge in [0.25, 0.3) is 0 Å². The minimum atomic E-state index is 0.825. The average molecular weight is 256 g/mol. The van der Waals surface area contributed by atoms with Gasteiger partial charge >= 0.3 is 0 Å². The smallest absolute Gasteiger partial charge is 0.0169 e. The Hall–Kier alpha value is 0.650. The van der Waals surface area contributed by atoms with Crippen LogP contribution >= 0.6 is 22.9 Å². The summed E-state index contributed by atoms with van der Waals surface area (Å²) in [6, 6.07) is 0. The molecule has 0 aromatic carbocycles. The van der Waals surface area contributed by atoms with Crippen molar-refractivity contribution in [3.8, 4) is 0 Å². The third-order valence-corrected chi connectivity index (χ3v) is 2.17. The number of nitrogens with two attached hydrogens (primary N) is 1. The molecular formula is C7H17IN2. The Morgan fingerprint density at radius 3 is 2.70 bits per heavy atom. The van der Waals surface area contributed by atoms with E-state index in [2.05, 4.69) is 33.3 Å². The molecule has 0 spiro atoms. The van der Waals surface area contributed by atoms with Crippen molar-refractivity contribution in [2.45, 2.75) is 26.2 Å². The van der Waals surface area contributed by atoms with E-state index in [0.29, 0.717) is 0 Å². The van der Waals surface area contributed by atoms with Crippen molar-refractivity contribution in [2.24, 2.45) is 11.7 Å². The van der Waals surface area contributed by atoms with Crippen molar-refractivity contribution in [1.82, 2.24) is 3.53 Å². The van der Waals surface area contributed by atoms with Crippen LogP contribution in [0.3, 0.4) is 0 Å². The van der Waals surface area contributed by atoms with Crippen molar-refractivity contribution in [3.63, 3.8) is 0 Å². The first-order valence-electron chi connectivity index (χ1n) is 3.84. The number of hydrogen-bond acceptors (Lipinski definition) is 2. The van der Waals surface area contributed by atoms with E-state index in [4.69, 9.17) is 5.73 Å². The lowest BCUT2D eigenvalue weighted by molar-refractivity contribution is 0.481. The Morgan fingerprint density at radius 1 is 1.50 bits per heavy atom. The molecule has 0 heterocycles. The van der Waals surface area contributed by atoms with Crippen LogP contribution in [0, 0.1) is 5.92 Å². The molecule has 0 aliphatic heterocycles. The maximum atomic E-state index is 5.39. The van der Waals surface area contributed by atoms with Crippen LogP contribution in [0.4, 0.5) is 0 Å². The van der Waals surface area contributed by atoms with Gasteiger partial charge in [0.05, 0.1) is 0 Å². The third kappa shape index (κ3) is 6.77. The highest BCUT2D eigenvalue weighted by atomic mass is 127. The third-order valence-electron chi connectivity index (χ3n) is 1.63. The van der Waals surface area contributed by atoms with Gasteiger partial charge in [-0.25, -0.2) is 0 Å². The SMILES string of the molecule is CC(CCCN)CCNI. The predicted octanol–water partition coefficient (Wildman–Crippen LogP) is 1.69. The summed E-state index contributed by atoms with van der Waals surface area (Å²) in [6.07, 6.45) is 3.71. The average Bonchev–Trinajstić information content (AvgIpc) is 1.97. The summed E-state index contributed by atoms with van der Waals surface area (Å²) >= 11 is 2.18. The number of halogens is 1. The van der Waals surface area contributed by atoms with E-state index in [-0.39, 0.29) is 0 Å². The van der Waals surface area contributed by atoms with Crippen molar-refractivity contribution >= 4 is 22.9 Å². The van der Waals surface area contributed by atoms with Gasteiger partial charge in [0.2, 0.25) is 0 Å². The fourth-order valence-corrected chi connectivity index (χ4v) is 1.22. The number of hydrogen-bond donors (Lipinski definition) is 2. The second-order valence-corrected chi connectivity index (χ2v) is 3.47. The Balaban J connectivity index is 3.00. The molecule has 10 heavy (non-hydrogen) atoms. The molecule has 2 nitrogen and oxygen atoms in total. The molecule has 62 valence electrons. The van der Waals surface area contributed by atoms with E-state index in [0.717, 1.165) is 19.0 Å². The van der Waals surface area contributed by atoms with E-state index in [9.17, 15) is 0 Å². The predicted molar refractivity (Wildman–Crippen MR) is 54.1 cm³/mol. The lowest BCUT2D eigenvalue weighted by Gasteiger charge is -2.08. The molecule has 0 aromatic heterocycles. The second kappa shape index (κ2) is 7.75. The van der Waals surface area contributed by atoms with Gasteiger partial charge in [0.15, 0.2) is 0 Å². The summed E-state index contributed by atoms with van der Waals surface area (Å²) in [4.78, 5) is 0. The first-order valence-corrected chi connectivity index (χ1v) is 4.92. The molecule has 0 saturated heterocycles. The summed E-state index contributed by atoms with van der Waals surface area (Å²) in [5.74, 6) is 0.825. The van der Waals surface area contributed by atoms with E-state index < -0.39 is 0 Å². The van der Waals surface area contributed by atoms with Gasteiger partial charge in [-0.2, -0.15) is 0 Å². The Morgan fingerprint density at radius 2 is 2.20 bits per heavy atom. The molecule has 0 aromatic rings. The van der Waals surface area contributed by atoms with Crippen LogP contribution < -0.4 is 9.26 Å². The molecule has 0 amide bonds. The van der Waals surface area contributed by atoms with Crippen molar-refractivity contribution in [1.29, 1.82) is 0 Å². The Kier molecular flexibility index (Phi) is 8.26. The molecule has 0 aliphatic carbocycles. The largest absolute Gasteiger partial charge is 0.330 e. The molecule has 1 unspecified atom stereocenters. The zero-order chi connectivity index (χ0) is 7.82. The molecule has 0 bridgehead atoms.